The third-order valence-corrected chi connectivity index (χ3v) is 4.53. The van der Waals surface area contributed by atoms with Crippen molar-refractivity contribution in [3.8, 4) is 0 Å². The lowest BCUT2D eigenvalue weighted by molar-refractivity contribution is 0.231. The summed E-state index contributed by atoms with van der Waals surface area (Å²) in [6, 6.07) is 0.501. The quantitative estimate of drug-likeness (QED) is 0.879. The van der Waals surface area contributed by atoms with Crippen LogP contribution in [0.4, 0.5) is 0 Å². The zero-order valence-corrected chi connectivity index (χ0v) is 12.9. The molecule has 2 rings (SSSR count). The number of nitrogens with zero attached hydrogens (tertiary/aromatic N) is 2. The topological polar surface area (TPSA) is 29.9 Å². The maximum absolute atomic E-state index is 4.53. The molecule has 0 radical (unpaired) electrons. The van der Waals surface area contributed by atoms with Gasteiger partial charge in [0.1, 0.15) is 0 Å². The van der Waals surface area contributed by atoms with Gasteiger partial charge in [0, 0.05) is 24.8 Å². The molecule has 3 nitrogen and oxygen atoms in total. The molecule has 1 atom stereocenters. The first-order valence-electron chi connectivity index (χ1n) is 7.85. The Morgan fingerprint density at radius 3 is 2.58 bits per heavy atom. The van der Waals surface area contributed by atoms with Gasteiger partial charge in [0.2, 0.25) is 0 Å². The molecule has 1 aromatic rings. The highest BCUT2D eigenvalue weighted by molar-refractivity contribution is 5.21. The second-order valence-corrected chi connectivity index (χ2v) is 6.30. The Kier molecular flexibility index (Phi) is 5.03. The van der Waals surface area contributed by atoms with E-state index in [1.54, 1.807) is 0 Å². The minimum absolute atomic E-state index is 0.501. The summed E-state index contributed by atoms with van der Waals surface area (Å²) in [6.45, 7) is 7.87. The Morgan fingerprint density at radius 1 is 1.37 bits per heavy atom. The van der Waals surface area contributed by atoms with Crippen LogP contribution in [0.25, 0.3) is 0 Å². The van der Waals surface area contributed by atoms with Gasteiger partial charge in [-0.3, -0.25) is 4.68 Å². The smallest absolute Gasteiger partial charge is 0.0641 e. The van der Waals surface area contributed by atoms with Crippen LogP contribution in [0.2, 0.25) is 0 Å². The highest BCUT2D eigenvalue weighted by Crippen LogP contribution is 2.37. The predicted octanol–water partition coefficient (Wildman–Crippen LogP) is 3.60. The van der Waals surface area contributed by atoms with Gasteiger partial charge in [-0.15, -0.1) is 0 Å². The molecule has 1 fully saturated rings. The summed E-state index contributed by atoms with van der Waals surface area (Å²) in [5.74, 6) is 1.70. The van der Waals surface area contributed by atoms with E-state index in [9.17, 15) is 0 Å². The van der Waals surface area contributed by atoms with Crippen molar-refractivity contribution in [3.63, 3.8) is 0 Å². The van der Waals surface area contributed by atoms with Crippen LogP contribution in [-0.2, 0) is 7.05 Å². The van der Waals surface area contributed by atoms with Crippen molar-refractivity contribution < 1.29 is 0 Å². The minimum Gasteiger partial charge on any atom is -0.310 e. The van der Waals surface area contributed by atoms with Crippen LogP contribution in [0.5, 0.6) is 0 Å². The molecule has 1 heterocycles. The Bertz CT molecular complexity index is 389. The molecule has 0 bridgehead atoms. The molecular weight excluding hydrogens is 234 g/mol. The van der Waals surface area contributed by atoms with E-state index in [1.165, 1.54) is 43.4 Å². The number of aryl methyl sites for hydroxylation is 2. The van der Waals surface area contributed by atoms with Gasteiger partial charge in [-0.2, -0.15) is 5.10 Å². The molecule has 1 aliphatic carbocycles. The summed E-state index contributed by atoms with van der Waals surface area (Å²) in [5, 5.41) is 8.30. The zero-order chi connectivity index (χ0) is 13.8. The van der Waals surface area contributed by atoms with Crippen LogP contribution in [-0.4, -0.2) is 16.3 Å². The van der Waals surface area contributed by atoms with Crippen molar-refractivity contribution in [2.24, 2.45) is 18.9 Å². The van der Waals surface area contributed by atoms with E-state index in [4.69, 9.17) is 0 Å². The summed E-state index contributed by atoms with van der Waals surface area (Å²) < 4.78 is 1.96. The van der Waals surface area contributed by atoms with Crippen molar-refractivity contribution in [1.82, 2.24) is 15.1 Å². The number of rotatable bonds is 5. The van der Waals surface area contributed by atoms with E-state index in [-0.39, 0.29) is 0 Å². The molecule has 0 saturated heterocycles. The fourth-order valence-corrected chi connectivity index (χ4v) is 3.37. The molecule has 0 spiro atoms. The van der Waals surface area contributed by atoms with Crippen molar-refractivity contribution in [3.05, 3.63) is 17.5 Å². The Labute approximate surface area is 117 Å². The third kappa shape index (κ3) is 3.59. The molecule has 1 saturated carbocycles. The van der Waals surface area contributed by atoms with Gasteiger partial charge in [-0.1, -0.05) is 26.7 Å². The molecule has 0 amide bonds. The zero-order valence-electron chi connectivity index (χ0n) is 12.9. The van der Waals surface area contributed by atoms with Gasteiger partial charge in [-0.25, -0.2) is 0 Å². The lowest BCUT2D eigenvalue weighted by Gasteiger charge is -2.33. The van der Waals surface area contributed by atoms with Crippen LogP contribution in [0.3, 0.4) is 0 Å². The second kappa shape index (κ2) is 6.56. The molecule has 0 aliphatic heterocycles. The van der Waals surface area contributed by atoms with Crippen molar-refractivity contribution in [2.45, 2.75) is 58.9 Å². The fraction of sp³-hybridized carbons (Fsp3) is 0.812. The highest BCUT2D eigenvalue weighted by Gasteiger charge is 2.28. The average Bonchev–Trinajstić information content (AvgIpc) is 2.71. The summed E-state index contributed by atoms with van der Waals surface area (Å²) >= 11 is 0. The van der Waals surface area contributed by atoms with Crippen molar-refractivity contribution >= 4 is 0 Å². The van der Waals surface area contributed by atoms with E-state index in [0.717, 1.165) is 18.4 Å². The normalized spacial score (nSPS) is 25.5. The van der Waals surface area contributed by atoms with Crippen LogP contribution >= 0.6 is 0 Å². The molecule has 108 valence electrons. The van der Waals surface area contributed by atoms with E-state index in [0.29, 0.717) is 6.04 Å². The Balaban J connectivity index is 2.13. The average molecular weight is 263 g/mol. The standard InChI is InChI=1S/C16H29N3/c1-5-10-17-16(14-8-6-12(2)7-9-14)15-11-19(4)18-13(15)3/h11-12,14,16-17H,5-10H2,1-4H3. The largest absolute Gasteiger partial charge is 0.310 e. The van der Waals surface area contributed by atoms with Crippen LogP contribution in [0.1, 0.15) is 63.3 Å². The highest BCUT2D eigenvalue weighted by atomic mass is 15.3. The second-order valence-electron chi connectivity index (χ2n) is 6.30. The molecular formula is C16H29N3. The van der Waals surface area contributed by atoms with E-state index < -0.39 is 0 Å². The molecule has 0 aromatic carbocycles. The van der Waals surface area contributed by atoms with Gasteiger partial charge in [0.25, 0.3) is 0 Å². The molecule has 3 heteroatoms. The summed E-state index contributed by atoms with van der Waals surface area (Å²) in [7, 11) is 2.02. The van der Waals surface area contributed by atoms with Gasteiger partial charge >= 0.3 is 0 Å². The van der Waals surface area contributed by atoms with Crippen LogP contribution < -0.4 is 5.32 Å². The molecule has 1 N–H and O–H groups in total. The summed E-state index contributed by atoms with van der Waals surface area (Å²) in [5.41, 5.74) is 2.60. The van der Waals surface area contributed by atoms with Gasteiger partial charge in [0.15, 0.2) is 0 Å². The number of aromatic nitrogens is 2. The van der Waals surface area contributed by atoms with Crippen molar-refractivity contribution in [1.29, 1.82) is 0 Å². The third-order valence-electron chi connectivity index (χ3n) is 4.53. The SMILES string of the molecule is CCCNC(c1cn(C)nc1C)C1CCC(C)CC1. The van der Waals surface area contributed by atoms with Crippen LogP contribution in [0, 0.1) is 18.8 Å². The predicted molar refractivity (Wildman–Crippen MR) is 80.1 cm³/mol. The Hall–Kier alpha value is -0.830. The number of hydrogen-bond donors (Lipinski definition) is 1. The van der Waals surface area contributed by atoms with Crippen molar-refractivity contribution in [2.75, 3.05) is 6.54 Å². The first-order chi connectivity index (χ1) is 9.11. The Morgan fingerprint density at radius 2 is 2.05 bits per heavy atom. The summed E-state index contributed by atoms with van der Waals surface area (Å²) in [6.07, 6.45) is 8.88. The molecule has 1 unspecified atom stereocenters. The number of nitrogens with one attached hydrogen (secondary N) is 1. The van der Waals surface area contributed by atoms with E-state index >= 15 is 0 Å². The monoisotopic (exact) mass is 263 g/mol. The molecule has 19 heavy (non-hydrogen) atoms. The van der Waals surface area contributed by atoms with E-state index in [1.807, 2.05) is 11.7 Å². The fourth-order valence-electron chi connectivity index (χ4n) is 3.37. The lowest BCUT2D eigenvalue weighted by Crippen LogP contribution is -2.31. The van der Waals surface area contributed by atoms with Gasteiger partial charge in [-0.05, 0) is 44.6 Å². The lowest BCUT2D eigenvalue weighted by atomic mass is 9.77. The minimum atomic E-state index is 0.501. The van der Waals surface area contributed by atoms with Gasteiger partial charge in [0.05, 0.1) is 5.69 Å². The number of hydrogen-bond acceptors (Lipinski definition) is 2. The molecule has 1 aromatic heterocycles. The first-order valence-corrected chi connectivity index (χ1v) is 7.85. The summed E-state index contributed by atoms with van der Waals surface area (Å²) in [4.78, 5) is 0. The molecule has 1 aliphatic rings. The maximum Gasteiger partial charge on any atom is 0.0641 e. The van der Waals surface area contributed by atoms with Crippen LogP contribution in [0.15, 0.2) is 6.20 Å². The maximum atomic E-state index is 4.53. The van der Waals surface area contributed by atoms with E-state index in [2.05, 4.69) is 37.4 Å². The first kappa shape index (κ1) is 14.6. The van der Waals surface area contributed by atoms with Gasteiger partial charge < -0.3 is 5.32 Å².